The van der Waals surface area contributed by atoms with Crippen molar-refractivity contribution in [3.8, 4) is 11.1 Å². The molecule has 0 aromatic rings. The first-order valence-electron chi connectivity index (χ1n) is 3.93. The van der Waals surface area contributed by atoms with Gasteiger partial charge in [0.25, 0.3) is 0 Å². The second-order valence-corrected chi connectivity index (χ2v) is 3.32. The van der Waals surface area contributed by atoms with E-state index in [1.54, 1.807) is 0 Å². The quantitative estimate of drug-likeness (QED) is 0.574. The van der Waals surface area contributed by atoms with Gasteiger partial charge in [0.1, 0.15) is 0 Å². The van der Waals surface area contributed by atoms with E-state index >= 15 is 0 Å². The van der Waals surface area contributed by atoms with E-state index in [-0.39, 0.29) is 0 Å². The molecule has 0 saturated carbocycles. The molecule has 0 aliphatic heterocycles. The monoisotopic (exact) mass is 176 g/mol. The lowest BCUT2D eigenvalue weighted by Crippen LogP contribution is -1.68. The SMILES string of the molecule is Cc1cc(Cl)c2cccccc1-2. The lowest BCUT2D eigenvalue weighted by atomic mass is 10.1. The molecular weight excluding hydrogens is 168 g/mol. The van der Waals surface area contributed by atoms with E-state index < -0.39 is 0 Å². The van der Waals surface area contributed by atoms with Crippen LogP contribution in [0.5, 0.6) is 0 Å². The average Bonchev–Trinajstić information content (AvgIpc) is 2.29. The Hall–Kier alpha value is -1.01. The summed E-state index contributed by atoms with van der Waals surface area (Å²) in [6.45, 7) is 2.08. The van der Waals surface area contributed by atoms with Crippen LogP contribution in [0.3, 0.4) is 0 Å². The van der Waals surface area contributed by atoms with E-state index in [0.29, 0.717) is 0 Å². The van der Waals surface area contributed by atoms with Crippen molar-refractivity contribution in [2.45, 2.75) is 6.92 Å². The zero-order valence-electron chi connectivity index (χ0n) is 6.84. The molecule has 0 bridgehead atoms. The Balaban J connectivity index is 2.79. The largest absolute Gasteiger partial charge is 0.0837 e. The predicted octanol–water partition coefficient (Wildman–Crippen LogP) is 3.75. The minimum absolute atomic E-state index is 0.846. The second-order valence-electron chi connectivity index (χ2n) is 2.91. The van der Waals surface area contributed by atoms with Crippen molar-refractivity contribution in [2.24, 2.45) is 0 Å². The van der Waals surface area contributed by atoms with Crippen molar-refractivity contribution in [2.75, 3.05) is 0 Å². The third-order valence-corrected chi connectivity index (χ3v) is 2.38. The molecule has 0 atom stereocenters. The van der Waals surface area contributed by atoms with Gasteiger partial charge in [-0.1, -0.05) is 41.9 Å². The maximum absolute atomic E-state index is 6.04. The summed E-state index contributed by atoms with van der Waals surface area (Å²) < 4.78 is 0. The lowest BCUT2D eigenvalue weighted by molar-refractivity contribution is 1.55. The highest BCUT2D eigenvalue weighted by molar-refractivity contribution is 6.34. The zero-order chi connectivity index (χ0) is 8.55. The Morgan fingerprint density at radius 1 is 1.00 bits per heavy atom. The molecule has 60 valence electrons. The van der Waals surface area contributed by atoms with Gasteiger partial charge in [0, 0.05) is 10.6 Å². The van der Waals surface area contributed by atoms with Crippen molar-refractivity contribution in [1.29, 1.82) is 0 Å². The van der Waals surface area contributed by atoms with Crippen LogP contribution in [0.1, 0.15) is 5.56 Å². The normalized spacial score (nSPS) is 10.5. The highest BCUT2D eigenvalue weighted by Crippen LogP contribution is 2.34. The van der Waals surface area contributed by atoms with Crippen molar-refractivity contribution in [3.63, 3.8) is 0 Å². The molecule has 0 aromatic carbocycles. The summed E-state index contributed by atoms with van der Waals surface area (Å²) in [6.07, 6.45) is 0. The molecule has 2 aliphatic rings. The maximum atomic E-state index is 6.04. The van der Waals surface area contributed by atoms with Gasteiger partial charge in [-0.2, -0.15) is 0 Å². The minimum atomic E-state index is 0.846. The predicted molar refractivity (Wildman–Crippen MR) is 52.8 cm³/mol. The fraction of sp³-hybridized carbons (Fsp3) is 0.0909. The molecule has 2 aliphatic carbocycles. The molecule has 0 amide bonds. The molecule has 0 heterocycles. The van der Waals surface area contributed by atoms with E-state index in [2.05, 4.69) is 13.0 Å². The first-order chi connectivity index (χ1) is 5.79. The van der Waals surface area contributed by atoms with E-state index in [1.807, 2.05) is 30.3 Å². The van der Waals surface area contributed by atoms with Crippen LogP contribution < -0.4 is 0 Å². The molecular formula is C11H9Cl. The molecule has 0 spiro atoms. The highest BCUT2D eigenvalue weighted by atomic mass is 35.5. The topological polar surface area (TPSA) is 0 Å². The number of hydrogen-bond acceptors (Lipinski definition) is 0. The molecule has 12 heavy (non-hydrogen) atoms. The number of halogens is 1. The van der Waals surface area contributed by atoms with Gasteiger partial charge in [-0.3, -0.25) is 0 Å². The fourth-order valence-corrected chi connectivity index (χ4v) is 1.77. The Kier molecular flexibility index (Phi) is 1.78. The highest BCUT2D eigenvalue weighted by Gasteiger charge is 2.08. The van der Waals surface area contributed by atoms with E-state index in [1.165, 1.54) is 11.1 Å². The summed E-state index contributed by atoms with van der Waals surface area (Å²) in [5.74, 6) is 0. The van der Waals surface area contributed by atoms with Crippen LogP contribution in [0.2, 0.25) is 5.02 Å². The second kappa shape index (κ2) is 2.80. The Morgan fingerprint density at radius 3 is 2.42 bits per heavy atom. The van der Waals surface area contributed by atoms with Crippen LogP contribution >= 0.6 is 11.6 Å². The van der Waals surface area contributed by atoms with E-state index in [0.717, 1.165) is 10.6 Å². The first kappa shape index (κ1) is 7.63. The molecule has 0 fully saturated rings. The third kappa shape index (κ3) is 1.09. The first-order valence-corrected chi connectivity index (χ1v) is 4.30. The molecule has 0 saturated heterocycles. The maximum Gasteiger partial charge on any atom is 0.0487 e. The average molecular weight is 177 g/mol. The van der Waals surface area contributed by atoms with Crippen LogP contribution in [0.25, 0.3) is 11.1 Å². The molecule has 0 nitrogen and oxygen atoms in total. The van der Waals surface area contributed by atoms with Crippen LogP contribution in [0, 0.1) is 6.92 Å². The Morgan fingerprint density at radius 2 is 1.67 bits per heavy atom. The Bertz CT molecular complexity index is 345. The molecule has 2 rings (SSSR count). The van der Waals surface area contributed by atoms with Gasteiger partial charge < -0.3 is 0 Å². The lowest BCUT2D eigenvalue weighted by Gasteiger charge is -1.93. The smallest absolute Gasteiger partial charge is 0.0487 e. The summed E-state index contributed by atoms with van der Waals surface area (Å²) in [4.78, 5) is 0. The summed E-state index contributed by atoms with van der Waals surface area (Å²) in [5, 5.41) is 0.846. The van der Waals surface area contributed by atoms with Crippen molar-refractivity contribution in [1.82, 2.24) is 0 Å². The molecule has 1 heteroatoms. The van der Waals surface area contributed by atoms with Gasteiger partial charge in [-0.25, -0.2) is 0 Å². The van der Waals surface area contributed by atoms with Crippen molar-refractivity contribution in [3.05, 3.63) is 47.0 Å². The van der Waals surface area contributed by atoms with Gasteiger partial charge >= 0.3 is 0 Å². The standard InChI is InChI=1S/C11H9Cl/c1-8-7-11(12)10-6-4-2-3-5-9(8)10/h2-7H,1H3. The van der Waals surface area contributed by atoms with Crippen LogP contribution in [0.4, 0.5) is 0 Å². The summed E-state index contributed by atoms with van der Waals surface area (Å²) in [7, 11) is 0. The van der Waals surface area contributed by atoms with Gasteiger partial charge in [0.2, 0.25) is 0 Å². The zero-order valence-corrected chi connectivity index (χ0v) is 7.60. The molecule has 0 aromatic heterocycles. The molecule has 0 unspecified atom stereocenters. The van der Waals surface area contributed by atoms with Crippen LogP contribution in [0.15, 0.2) is 36.4 Å². The van der Waals surface area contributed by atoms with E-state index in [9.17, 15) is 0 Å². The van der Waals surface area contributed by atoms with Gasteiger partial charge in [0.15, 0.2) is 0 Å². The molecule has 0 N–H and O–H groups in total. The van der Waals surface area contributed by atoms with Crippen molar-refractivity contribution < 1.29 is 0 Å². The number of aryl methyl sites for hydroxylation is 1. The van der Waals surface area contributed by atoms with Gasteiger partial charge in [-0.05, 0) is 24.1 Å². The summed E-state index contributed by atoms with van der Waals surface area (Å²) in [6, 6.07) is 12.2. The summed E-state index contributed by atoms with van der Waals surface area (Å²) in [5.41, 5.74) is 3.62. The number of hydrogen-bond donors (Lipinski definition) is 0. The Labute approximate surface area is 77.1 Å². The minimum Gasteiger partial charge on any atom is -0.0837 e. The van der Waals surface area contributed by atoms with Gasteiger partial charge in [0.05, 0.1) is 0 Å². The number of rotatable bonds is 0. The number of fused-ring (bicyclic) bond motifs is 1. The fourth-order valence-electron chi connectivity index (χ4n) is 1.44. The van der Waals surface area contributed by atoms with Crippen LogP contribution in [-0.2, 0) is 0 Å². The van der Waals surface area contributed by atoms with Crippen LogP contribution in [-0.4, -0.2) is 0 Å². The van der Waals surface area contributed by atoms with Crippen molar-refractivity contribution >= 4 is 11.6 Å². The molecule has 0 radical (unpaired) electrons. The summed E-state index contributed by atoms with van der Waals surface area (Å²) >= 11 is 6.04. The third-order valence-electron chi connectivity index (χ3n) is 2.06. The van der Waals surface area contributed by atoms with Gasteiger partial charge in [-0.15, -0.1) is 0 Å². The van der Waals surface area contributed by atoms with E-state index in [4.69, 9.17) is 11.6 Å².